The van der Waals surface area contributed by atoms with E-state index in [0.717, 1.165) is 32.4 Å². The maximum atomic E-state index is 13.2. The molecule has 1 saturated heterocycles. The smallest absolute Gasteiger partial charge is 0.227 e. The van der Waals surface area contributed by atoms with Crippen molar-refractivity contribution in [3.8, 4) is 0 Å². The first-order chi connectivity index (χ1) is 13.5. The topological polar surface area (TPSA) is 49.6 Å². The number of nitrogens with zero attached hydrogens (tertiary/aromatic N) is 2. The SMILES string of the molecule is Cc1ccccc1CC(CN)C(=O)N1CCC(c2ccccc2)(N(C)C)CC1.Cl.Cl. The number of piperidine rings is 1. The van der Waals surface area contributed by atoms with Gasteiger partial charge in [-0.3, -0.25) is 9.69 Å². The summed E-state index contributed by atoms with van der Waals surface area (Å²) in [6.45, 7) is 4.03. The molecule has 166 valence electrons. The molecule has 30 heavy (non-hydrogen) atoms. The van der Waals surface area contributed by atoms with Crippen LogP contribution in [0.25, 0.3) is 0 Å². The van der Waals surface area contributed by atoms with Gasteiger partial charge in [0.1, 0.15) is 0 Å². The lowest BCUT2D eigenvalue weighted by molar-refractivity contribution is -0.138. The fraction of sp³-hybridized carbons (Fsp3) is 0.458. The molecule has 2 aromatic rings. The van der Waals surface area contributed by atoms with Crippen molar-refractivity contribution in [1.82, 2.24) is 9.80 Å². The number of carbonyl (C=O) groups excluding carboxylic acids is 1. The number of halogens is 2. The van der Waals surface area contributed by atoms with E-state index in [4.69, 9.17) is 5.73 Å². The van der Waals surface area contributed by atoms with Crippen LogP contribution in [0.5, 0.6) is 0 Å². The Balaban J connectivity index is 0.00000225. The predicted molar refractivity (Wildman–Crippen MR) is 130 cm³/mol. The molecule has 2 N–H and O–H groups in total. The van der Waals surface area contributed by atoms with Gasteiger partial charge in [0.05, 0.1) is 5.92 Å². The Morgan fingerprint density at radius 2 is 1.60 bits per heavy atom. The Hall–Kier alpha value is -1.59. The second-order valence-corrected chi connectivity index (χ2v) is 8.18. The quantitative estimate of drug-likeness (QED) is 0.720. The molecule has 1 aliphatic rings. The summed E-state index contributed by atoms with van der Waals surface area (Å²) < 4.78 is 0. The number of aryl methyl sites for hydroxylation is 1. The van der Waals surface area contributed by atoms with Gasteiger partial charge in [0.25, 0.3) is 0 Å². The zero-order valence-corrected chi connectivity index (χ0v) is 19.8. The van der Waals surface area contributed by atoms with E-state index in [1.807, 2.05) is 17.0 Å². The van der Waals surface area contributed by atoms with E-state index in [0.29, 0.717) is 6.54 Å². The van der Waals surface area contributed by atoms with Gasteiger partial charge in [-0.15, -0.1) is 24.8 Å². The molecule has 0 aliphatic carbocycles. The fourth-order valence-corrected chi connectivity index (χ4v) is 4.47. The maximum Gasteiger partial charge on any atom is 0.227 e. The minimum atomic E-state index is -0.148. The molecule has 2 aromatic carbocycles. The molecule has 0 spiro atoms. The zero-order chi connectivity index (χ0) is 20.1. The Morgan fingerprint density at radius 1 is 1.03 bits per heavy atom. The van der Waals surface area contributed by atoms with Gasteiger partial charge in [0.2, 0.25) is 5.91 Å². The van der Waals surface area contributed by atoms with Crippen molar-refractivity contribution in [2.45, 2.75) is 31.7 Å². The predicted octanol–water partition coefficient (Wildman–Crippen LogP) is 4.04. The number of benzene rings is 2. The van der Waals surface area contributed by atoms with Gasteiger partial charge in [-0.25, -0.2) is 0 Å². The second kappa shape index (κ2) is 11.7. The molecule has 3 rings (SSSR count). The third-order valence-corrected chi connectivity index (χ3v) is 6.43. The second-order valence-electron chi connectivity index (χ2n) is 8.18. The van der Waals surface area contributed by atoms with E-state index in [1.54, 1.807) is 0 Å². The van der Waals surface area contributed by atoms with E-state index in [9.17, 15) is 4.79 Å². The molecule has 1 unspecified atom stereocenters. The van der Waals surface area contributed by atoms with Crippen LogP contribution in [0.4, 0.5) is 0 Å². The van der Waals surface area contributed by atoms with Gasteiger partial charge >= 0.3 is 0 Å². The lowest BCUT2D eigenvalue weighted by Crippen LogP contribution is -2.53. The molecule has 4 nitrogen and oxygen atoms in total. The van der Waals surface area contributed by atoms with Crippen LogP contribution >= 0.6 is 24.8 Å². The summed E-state index contributed by atoms with van der Waals surface area (Å²) in [5, 5.41) is 0. The van der Waals surface area contributed by atoms with Crippen LogP contribution in [0.15, 0.2) is 54.6 Å². The third kappa shape index (κ3) is 5.55. The molecule has 1 aliphatic heterocycles. The molecule has 1 amide bonds. The fourth-order valence-electron chi connectivity index (χ4n) is 4.47. The first-order valence-corrected chi connectivity index (χ1v) is 10.2. The number of likely N-dealkylation sites (tertiary alicyclic amines) is 1. The van der Waals surface area contributed by atoms with Crippen molar-refractivity contribution in [1.29, 1.82) is 0 Å². The van der Waals surface area contributed by atoms with Crippen LogP contribution in [0.3, 0.4) is 0 Å². The van der Waals surface area contributed by atoms with Crippen LogP contribution in [0.1, 0.15) is 29.5 Å². The summed E-state index contributed by atoms with van der Waals surface area (Å²) in [5.74, 6) is 0.0517. The number of hydrogen-bond donors (Lipinski definition) is 1. The third-order valence-electron chi connectivity index (χ3n) is 6.43. The van der Waals surface area contributed by atoms with Crippen molar-refractivity contribution in [2.75, 3.05) is 33.7 Å². The lowest BCUT2D eigenvalue weighted by atomic mass is 9.79. The molecular formula is C24H35Cl2N3O. The van der Waals surface area contributed by atoms with Crippen molar-refractivity contribution in [3.05, 3.63) is 71.3 Å². The summed E-state index contributed by atoms with van der Waals surface area (Å²) in [5.41, 5.74) is 9.79. The number of carbonyl (C=O) groups is 1. The first kappa shape index (κ1) is 26.4. The van der Waals surface area contributed by atoms with Crippen LogP contribution in [-0.2, 0) is 16.8 Å². The van der Waals surface area contributed by atoms with Crippen molar-refractivity contribution in [2.24, 2.45) is 11.7 Å². The summed E-state index contributed by atoms with van der Waals surface area (Å²) in [6.07, 6.45) is 2.60. The van der Waals surface area contributed by atoms with Crippen LogP contribution in [0.2, 0.25) is 0 Å². The monoisotopic (exact) mass is 451 g/mol. The van der Waals surface area contributed by atoms with Gasteiger partial charge in [-0.1, -0.05) is 54.6 Å². The van der Waals surface area contributed by atoms with Gasteiger partial charge in [-0.2, -0.15) is 0 Å². The molecule has 1 fully saturated rings. The lowest BCUT2D eigenvalue weighted by Gasteiger charge is -2.47. The molecular weight excluding hydrogens is 417 g/mol. The van der Waals surface area contributed by atoms with Crippen molar-refractivity contribution >= 4 is 30.7 Å². The number of rotatable bonds is 6. The number of hydrogen-bond acceptors (Lipinski definition) is 3. The minimum Gasteiger partial charge on any atom is -0.342 e. The molecule has 6 heteroatoms. The number of amides is 1. The van der Waals surface area contributed by atoms with Gasteiger partial charge in [0.15, 0.2) is 0 Å². The van der Waals surface area contributed by atoms with Gasteiger partial charge in [-0.05, 0) is 57.0 Å². The molecule has 0 radical (unpaired) electrons. The highest BCUT2D eigenvalue weighted by atomic mass is 35.5. The normalized spacial score (nSPS) is 16.4. The van der Waals surface area contributed by atoms with E-state index >= 15 is 0 Å². The zero-order valence-electron chi connectivity index (χ0n) is 18.2. The average Bonchev–Trinajstić information content (AvgIpc) is 2.73. The standard InChI is InChI=1S/C24H33N3O.2ClH/c1-19-9-7-8-10-20(19)17-21(18-25)23(28)27-15-13-24(14-16-27,26(2)3)22-11-5-4-6-12-22;;/h4-12,21H,13-18,25H2,1-3H3;2*1H. The highest BCUT2D eigenvalue weighted by Gasteiger charge is 2.40. The molecule has 0 saturated carbocycles. The molecule has 0 bridgehead atoms. The van der Waals surface area contributed by atoms with E-state index < -0.39 is 0 Å². The van der Waals surface area contributed by atoms with E-state index in [-0.39, 0.29) is 42.2 Å². The summed E-state index contributed by atoms with van der Waals surface area (Å²) in [7, 11) is 4.29. The van der Waals surface area contributed by atoms with E-state index in [1.165, 1.54) is 16.7 Å². The van der Waals surface area contributed by atoms with E-state index in [2.05, 4.69) is 68.4 Å². The largest absolute Gasteiger partial charge is 0.342 e. The Kier molecular flexibility index (Phi) is 10.3. The Morgan fingerprint density at radius 3 is 2.13 bits per heavy atom. The van der Waals surface area contributed by atoms with Crippen LogP contribution in [-0.4, -0.2) is 49.4 Å². The molecule has 0 aromatic heterocycles. The number of nitrogens with two attached hydrogens (primary N) is 1. The van der Waals surface area contributed by atoms with Crippen LogP contribution < -0.4 is 5.73 Å². The maximum absolute atomic E-state index is 13.2. The molecule has 1 atom stereocenters. The summed E-state index contributed by atoms with van der Waals surface area (Å²) >= 11 is 0. The summed E-state index contributed by atoms with van der Waals surface area (Å²) in [6, 6.07) is 18.9. The molecule has 1 heterocycles. The highest BCUT2D eigenvalue weighted by Crippen LogP contribution is 2.37. The highest BCUT2D eigenvalue weighted by molar-refractivity contribution is 5.85. The van der Waals surface area contributed by atoms with Crippen molar-refractivity contribution < 1.29 is 4.79 Å². The first-order valence-electron chi connectivity index (χ1n) is 10.2. The van der Waals surface area contributed by atoms with Gasteiger partial charge < -0.3 is 10.6 Å². The van der Waals surface area contributed by atoms with Gasteiger partial charge in [0, 0.05) is 25.2 Å². The van der Waals surface area contributed by atoms with Crippen molar-refractivity contribution in [3.63, 3.8) is 0 Å². The Labute approximate surface area is 193 Å². The Bertz CT molecular complexity index is 790. The summed E-state index contributed by atoms with van der Waals surface area (Å²) in [4.78, 5) is 17.5. The average molecular weight is 452 g/mol. The minimum absolute atomic E-state index is 0. The van der Waals surface area contributed by atoms with Crippen LogP contribution in [0, 0.1) is 12.8 Å².